The Kier molecular flexibility index (Phi) is 5.16. The summed E-state index contributed by atoms with van der Waals surface area (Å²) in [5, 5.41) is 1.12. The number of nitrogens with zero attached hydrogens (tertiary/aromatic N) is 3. The van der Waals surface area contributed by atoms with E-state index in [4.69, 9.17) is 35.4 Å². The van der Waals surface area contributed by atoms with Gasteiger partial charge in [-0.05, 0) is 62.0 Å². The lowest BCUT2D eigenvalue weighted by Crippen LogP contribution is -2.52. The number of rotatable bonds is 2. The summed E-state index contributed by atoms with van der Waals surface area (Å²) in [5.74, 6) is -0.829. The molecule has 2 aromatic rings. The number of carbonyl (C=O) groups is 2. The van der Waals surface area contributed by atoms with E-state index in [1.807, 2.05) is 30.5 Å². The maximum atomic E-state index is 12.5. The molecule has 0 saturated carbocycles. The third-order valence-electron chi connectivity index (χ3n) is 4.58. The van der Waals surface area contributed by atoms with Crippen molar-refractivity contribution in [1.82, 2.24) is 14.4 Å². The molecule has 8 heteroatoms. The maximum absolute atomic E-state index is 12.5. The van der Waals surface area contributed by atoms with Crippen molar-refractivity contribution in [1.29, 1.82) is 0 Å². The average Bonchev–Trinajstić information content (AvgIpc) is 2.91. The van der Waals surface area contributed by atoms with Gasteiger partial charge in [-0.25, -0.2) is 0 Å². The smallest absolute Gasteiger partial charge is 0.265 e. The van der Waals surface area contributed by atoms with E-state index in [0.29, 0.717) is 10.0 Å². The lowest BCUT2D eigenvalue weighted by Gasteiger charge is -2.31. The Bertz CT molecular complexity index is 1000. The molecule has 1 aliphatic heterocycles. The van der Waals surface area contributed by atoms with Crippen LogP contribution in [0.1, 0.15) is 17.0 Å². The van der Waals surface area contributed by atoms with Gasteiger partial charge in [0, 0.05) is 31.2 Å². The fourth-order valence-corrected chi connectivity index (χ4v) is 3.54. The number of hydrogen-bond acceptors (Lipinski definition) is 3. The molecule has 27 heavy (non-hydrogen) atoms. The van der Waals surface area contributed by atoms with Crippen LogP contribution in [0.2, 0.25) is 10.0 Å². The first kappa shape index (κ1) is 19.6. The van der Waals surface area contributed by atoms with Gasteiger partial charge >= 0.3 is 0 Å². The molecular weight excluding hydrogens is 405 g/mol. The first-order valence-electron chi connectivity index (χ1n) is 8.09. The summed E-state index contributed by atoms with van der Waals surface area (Å²) in [6, 6.07) is 7.29. The molecule has 1 aromatic heterocycles. The van der Waals surface area contributed by atoms with E-state index in [1.165, 1.54) is 9.80 Å². The van der Waals surface area contributed by atoms with Crippen molar-refractivity contribution in [2.45, 2.75) is 13.8 Å². The van der Waals surface area contributed by atoms with E-state index in [9.17, 15) is 9.59 Å². The maximum Gasteiger partial charge on any atom is 0.265 e. The molecule has 1 aromatic carbocycles. The molecule has 0 N–H and O–H groups in total. The Morgan fingerprint density at radius 2 is 1.56 bits per heavy atom. The van der Waals surface area contributed by atoms with Crippen LogP contribution >= 0.6 is 35.4 Å². The molecule has 2 heterocycles. The fraction of sp³-hybridized carbons (Fsp3) is 0.211. The molecule has 1 fully saturated rings. The summed E-state index contributed by atoms with van der Waals surface area (Å²) in [6.45, 7) is 3.85. The minimum atomic E-state index is -0.414. The highest BCUT2D eigenvalue weighted by molar-refractivity contribution is 7.80. The molecular formula is C19H17Cl2N3O2S. The zero-order valence-corrected chi connectivity index (χ0v) is 17.5. The zero-order valence-electron chi connectivity index (χ0n) is 15.2. The standard InChI is InChI=1S/C19H17Cl2N3O2S/c1-10-7-12(8-14-17(25)22(3)19(27)23(4)18(14)26)11(2)24(10)13-5-6-15(20)16(21)9-13/h5-9H,1-4H3. The van der Waals surface area contributed by atoms with Crippen LogP contribution in [0, 0.1) is 13.8 Å². The lowest BCUT2D eigenvalue weighted by molar-refractivity contribution is -0.132. The van der Waals surface area contributed by atoms with Gasteiger partial charge in [-0.1, -0.05) is 23.2 Å². The highest BCUT2D eigenvalue weighted by atomic mass is 35.5. The number of carbonyl (C=O) groups excluding carboxylic acids is 2. The van der Waals surface area contributed by atoms with Crippen LogP contribution in [0.15, 0.2) is 29.8 Å². The molecule has 0 unspecified atom stereocenters. The number of aromatic nitrogens is 1. The number of aryl methyl sites for hydroxylation is 1. The van der Waals surface area contributed by atoms with Crippen molar-refractivity contribution < 1.29 is 9.59 Å². The second-order valence-electron chi connectivity index (χ2n) is 6.33. The van der Waals surface area contributed by atoms with Crippen LogP contribution < -0.4 is 0 Å². The molecule has 5 nitrogen and oxygen atoms in total. The van der Waals surface area contributed by atoms with Crippen LogP contribution in [-0.4, -0.2) is 45.4 Å². The van der Waals surface area contributed by atoms with Gasteiger partial charge in [-0.2, -0.15) is 0 Å². The minimum absolute atomic E-state index is 0.0722. The third-order valence-corrected chi connectivity index (χ3v) is 5.86. The van der Waals surface area contributed by atoms with Crippen LogP contribution in [0.4, 0.5) is 0 Å². The van der Waals surface area contributed by atoms with E-state index in [0.717, 1.165) is 22.6 Å². The van der Waals surface area contributed by atoms with E-state index in [2.05, 4.69) is 0 Å². The first-order valence-corrected chi connectivity index (χ1v) is 9.26. The molecule has 140 valence electrons. The second kappa shape index (κ2) is 7.11. The van der Waals surface area contributed by atoms with Crippen molar-refractivity contribution in [3.8, 4) is 5.69 Å². The highest BCUT2D eigenvalue weighted by Gasteiger charge is 2.35. The van der Waals surface area contributed by atoms with E-state index in [-0.39, 0.29) is 10.7 Å². The molecule has 0 aliphatic carbocycles. The molecule has 1 aliphatic rings. The summed E-state index contributed by atoms with van der Waals surface area (Å²) in [4.78, 5) is 27.7. The lowest BCUT2D eigenvalue weighted by atomic mass is 10.1. The second-order valence-corrected chi connectivity index (χ2v) is 7.51. The predicted molar refractivity (Wildman–Crippen MR) is 111 cm³/mol. The monoisotopic (exact) mass is 421 g/mol. The fourth-order valence-electron chi connectivity index (χ4n) is 3.09. The molecule has 1 saturated heterocycles. The van der Waals surface area contributed by atoms with Gasteiger partial charge in [-0.15, -0.1) is 0 Å². The number of likely N-dealkylation sites (N-methyl/N-ethyl adjacent to an activating group) is 2. The van der Waals surface area contributed by atoms with Gasteiger partial charge < -0.3 is 4.57 Å². The largest absolute Gasteiger partial charge is 0.318 e. The Morgan fingerprint density at radius 1 is 0.963 bits per heavy atom. The molecule has 0 bridgehead atoms. The predicted octanol–water partition coefficient (Wildman–Crippen LogP) is 4.00. The summed E-state index contributed by atoms with van der Waals surface area (Å²) >= 11 is 17.3. The number of benzene rings is 1. The molecule has 0 spiro atoms. The Morgan fingerprint density at radius 3 is 2.11 bits per heavy atom. The normalized spacial score (nSPS) is 15.0. The van der Waals surface area contributed by atoms with Crippen molar-refractivity contribution in [3.05, 3.63) is 56.8 Å². The van der Waals surface area contributed by atoms with Gasteiger partial charge in [0.25, 0.3) is 11.8 Å². The van der Waals surface area contributed by atoms with Crippen LogP contribution in [0.5, 0.6) is 0 Å². The Balaban J connectivity index is 2.10. The Labute approximate surface area is 172 Å². The minimum Gasteiger partial charge on any atom is -0.318 e. The number of halogens is 2. The van der Waals surface area contributed by atoms with Gasteiger partial charge in [0.15, 0.2) is 5.11 Å². The third kappa shape index (κ3) is 3.29. The van der Waals surface area contributed by atoms with Gasteiger partial charge in [0.05, 0.1) is 10.0 Å². The number of thiocarbonyl (C=S) groups is 1. The zero-order chi connectivity index (χ0) is 20.0. The van der Waals surface area contributed by atoms with E-state index in [1.54, 1.807) is 32.3 Å². The molecule has 2 amide bonds. The van der Waals surface area contributed by atoms with E-state index >= 15 is 0 Å². The highest BCUT2D eigenvalue weighted by Crippen LogP contribution is 2.29. The summed E-state index contributed by atoms with van der Waals surface area (Å²) in [7, 11) is 3.11. The summed E-state index contributed by atoms with van der Waals surface area (Å²) in [5.41, 5.74) is 3.50. The van der Waals surface area contributed by atoms with Gasteiger partial charge in [0.1, 0.15) is 5.57 Å². The van der Waals surface area contributed by atoms with Gasteiger partial charge in [-0.3, -0.25) is 19.4 Å². The van der Waals surface area contributed by atoms with Crippen LogP contribution in [0.3, 0.4) is 0 Å². The van der Waals surface area contributed by atoms with Crippen molar-refractivity contribution in [3.63, 3.8) is 0 Å². The number of amides is 2. The summed E-state index contributed by atoms with van der Waals surface area (Å²) in [6.07, 6.45) is 1.61. The van der Waals surface area contributed by atoms with Crippen LogP contribution in [0.25, 0.3) is 11.8 Å². The first-order chi connectivity index (χ1) is 12.6. The van der Waals surface area contributed by atoms with Gasteiger partial charge in [0.2, 0.25) is 0 Å². The van der Waals surface area contributed by atoms with E-state index < -0.39 is 11.8 Å². The molecule has 3 rings (SSSR count). The quantitative estimate of drug-likeness (QED) is 0.418. The average molecular weight is 422 g/mol. The van der Waals surface area contributed by atoms with Crippen molar-refractivity contribution in [2.24, 2.45) is 0 Å². The number of hydrogen-bond donors (Lipinski definition) is 0. The molecule has 0 radical (unpaired) electrons. The molecule has 0 atom stereocenters. The summed E-state index contributed by atoms with van der Waals surface area (Å²) < 4.78 is 1.99. The van der Waals surface area contributed by atoms with Crippen molar-refractivity contribution in [2.75, 3.05) is 14.1 Å². The SMILES string of the molecule is Cc1cc(C=C2C(=O)N(C)C(=S)N(C)C2=O)c(C)n1-c1ccc(Cl)c(Cl)c1. The van der Waals surface area contributed by atoms with Crippen LogP contribution in [-0.2, 0) is 9.59 Å². The topological polar surface area (TPSA) is 45.6 Å². The van der Waals surface area contributed by atoms with Crippen molar-refractivity contribution >= 4 is 58.4 Å². The Hall–Kier alpha value is -2.15.